The Morgan fingerprint density at radius 2 is 1.74 bits per heavy atom. The summed E-state index contributed by atoms with van der Waals surface area (Å²) in [5.74, 6) is 0.222. The highest BCUT2D eigenvalue weighted by molar-refractivity contribution is 6.04. The average molecular weight is 449 g/mol. The number of H-pyrrole nitrogens is 1. The predicted octanol–water partition coefficient (Wildman–Crippen LogP) is 4.75. The number of aromatic amines is 1. The van der Waals surface area contributed by atoms with E-state index in [1.165, 1.54) is 12.1 Å². The van der Waals surface area contributed by atoms with Crippen LogP contribution in [-0.4, -0.2) is 27.7 Å². The number of fused-ring (bicyclic) bond motifs is 3. The predicted molar refractivity (Wildman–Crippen MR) is 116 cm³/mol. The summed E-state index contributed by atoms with van der Waals surface area (Å²) < 4.78 is 40.6. The fraction of sp³-hybridized carbons (Fsp3) is 0.273. The van der Waals surface area contributed by atoms with Crippen molar-refractivity contribution in [2.45, 2.75) is 24.9 Å². The lowest BCUT2D eigenvalue weighted by molar-refractivity contribution is -0.137. The van der Waals surface area contributed by atoms with Gasteiger partial charge in [-0.15, -0.1) is 12.4 Å². The number of alkyl halides is 3. The van der Waals surface area contributed by atoms with Crippen LogP contribution in [0, 0.1) is 0 Å². The van der Waals surface area contributed by atoms with E-state index < -0.39 is 11.7 Å². The molecule has 4 aromatic rings. The molecular weight excluding hydrogens is 429 g/mol. The molecule has 1 saturated heterocycles. The third kappa shape index (κ3) is 3.81. The van der Waals surface area contributed by atoms with Crippen LogP contribution in [0.1, 0.15) is 30.0 Å². The quantitative estimate of drug-likeness (QED) is 0.465. The largest absolute Gasteiger partial charge is 0.416 e. The molecule has 2 N–H and O–H groups in total. The van der Waals surface area contributed by atoms with Crippen LogP contribution in [-0.2, 0) is 6.18 Å². The Balaban J connectivity index is 0.00000231. The Hall–Kier alpha value is -2.84. The normalized spacial score (nSPS) is 15.3. The number of halogens is 4. The van der Waals surface area contributed by atoms with Crippen molar-refractivity contribution in [1.29, 1.82) is 0 Å². The Bertz CT molecular complexity index is 1290. The summed E-state index contributed by atoms with van der Waals surface area (Å²) in [5, 5.41) is 8.77. The van der Waals surface area contributed by atoms with Gasteiger partial charge in [0.15, 0.2) is 0 Å². The zero-order chi connectivity index (χ0) is 20.9. The van der Waals surface area contributed by atoms with Crippen molar-refractivity contribution in [3.8, 4) is 11.1 Å². The molecule has 2 aromatic heterocycles. The molecule has 1 aliphatic heterocycles. The van der Waals surface area contributed by atoms with Crippen LogP contribution in [0.3, 0.4) is 0 Å². The summed E-state index contributed by atoms with van der Waals surface area (Å²) in [7, 11) is 0. The van der Waals surface area contributed by atoms with Gasteiger partial charge in [0.25, 0.3) is 5.56 Å². The molecule has 5 nitrogen and oxygen atoms in total. The number of nitrogens with zero attached hydrogens (tertiary/aromatic N) is 2. The van der Waals surface area contributed by atoms with Gasteiger partial charge in [-0.2, -0.15) is 18.3 Å². The number of benzene rings is 2. The fourth-order valence-corrected chi connectivity index (χ4v) is 4.27. The van der Waals surface area contributed by atoms with Gasteiger partial charge in [0, 0.05) is 12.0 Å². The Kier molecular flexibility index (Phi) is 5.53. The molecule has 31 heavy (non-hydrogen) atoms. The first kappa shape index (κ1) is 21.4. The minimum atomic E-state index is -4.38. The number of nitrogens with one attached hydrogen (secondary N) is 2. The Morgan fingerprint density at radius 3 is 2.42 bits per heavy atom. The first-order chi connectivity index (χ1) is 14.4. The first-order valence-electron chi connectivity index (χ1n) is 9.85. The minimum absolute atomic E-state index is 0. The second-order valence-corrected chi connectivity index (χ2v) is 7.62. The van der Waals surface area contributed by atoms with E-state index in [9.17, 15) is 18.0 Å². The van der Waals surface area contributed by atoms with Crippen LogP contribution >= 0.6 is 12.4 Å². The number of hydrogen-bond acceptors (Lipinski definition) is 3. The topological polar surface area (TPSA) is 62.2 Å². The smallest absolute Gasteiger partial charge is 0.317 e. The zero-order valence-corrected chi connectivity index (χ0v) is 17.2. The standard InChI is InChI=1S/C22H19F3N4O.ClH/c23-22(24,25)15-6-4-13(5-7-15)16-2-1-3-17-20(16)21-27-19(30)12-18(29(21)28-17)14-8-10-26-11-9-14;/h1-7,12,14,26H,8-11H2,(H,27,30);1H. The van der Waals surface area contributed by atoms with Crippen LogP contribution in [0.4, 0.5) is 13.2 Å². The Labute approximate surface area is 181 Å². The highest BCUT2D eigenvalue weighted by Gasteiger charge is 2.30. The molecule has 0 atom stereocenters. The number of rotatable bonds is 2. The molecule has 0 unspecified atom stereocenters. The SMILES string of the molecule is Cl.O=c1cc(C2CCNCC2)n2nc3cccc(-c4ccc(C(F)(F)F)cc4)c3c2[nH]1. The van der Waals surface area contributed by atoms with Gasteiger partial charge >= 0.3 is 6.18 Å². The van der Waals surface area contributed by atoms with Crippen LogP contribution < -0.4 is 10.9 Å². The van der Waals surface area contributed by atoms with Crippen LogP contribution in [0.25, 0.3) is 27.7 Å². The van der Waals surface area contributed by atoms with Gasteiger partial charge in [0.05, 0.1) is 22.2 Å². The molecule has 2 aromatic carbocycles. The summed E-state index contributed by atoms with van der Waals surface area (Å²) in [6.07, 6.45) is -2.55. The van der Waals surface area contributed by atoms with E-state index in [0.717, 1.165) is 54.7 Å². The van der Waals surface area contributed by atoms with Crippen LogP contribution in [0.5, 0.6) is 0 Å². The molecule has 3 heterocycles. The van der Waals surface area contributed by atoms with E-state index in [4.69, 9.17) is 5.10 Å². The van der Waals surface area contributed by atoms with Crippen LogP contribution in [0.15, 0.2) is 53.3 Å². The zero-order valence-electron chi connectivity index (χ0n) is 16.4. The van der Waals surface area contributed by atoms with Crippen molar-refractivity contribution in [3.05, 3.63) is 70.1 Å². The van der Waals surface area contributed by atoms with Crippen molar-refractivity contribution in [2.24, 2.45) is 0 Å². The van der Waals surface area contributed by atoms with Gasteiger partial charge in [-0.1, -0.05) is 24.3 Å². The number of aromatic nitrogens is 3. The second kappa shape index (κ2) is 8.01. The number of piperidine rings is 1. The maximum absolute atomic E-state index is 12.9. The second-order valence-electron chi connectivity index (χ2n) is 7.62. The molecule has 0 amide bonds. The molecular formula is C22H20ClF3N4O. The summed E-state index contributed by atoms with van der Waals surface area (Å²) >= 11 is 0. The van der Waals surface area contributed by atoms with E-state index in [2.05, 4.69) is 10.3 Å². The first-order valence-corrected chi connectivity index (χ1v) is 9.85. The fourth-order valence-electron chi connectivity index (χ4n) is 4.27. The van der Waals surface area contributed by atoms with Gasteiger partial charge < -0.3 is 10.3 Å². The average Bonchev–Trinajstić information content (AvgIpc) is 3.12. The lowest BCUT2D eigenvalue weighted by Crippen LogP contribution is -2.28. The van der Waals surface area contributed by atoms with Gasteiger partial charge in [-0.3, -0.25) is 4.79 Å². The molecule has 0 aliphatic carbocycles. The molecule has 9 heteroatoms. The molecule has 5 rings (SSSR count). The number of hydrogen-bond donors (Lipinski definition) is 2. The molecule has 0 spiro atoms. The molecule has 162 valence electrons. The van der Waals surface area contributed by atoms with Gasteiger partial charge in [0.2, 0.25) is 0 Å². The van der Waals surface area contributed by atoms with Crippen molar-refractivity contribution in [2.75, 3.05) is 13.1 Å². The van der Waals surface area contributed by atoms with E-state index >= 15 is 0 Å². The minimum Gasteiger partial charge on any atom is -0.317 e. The van der Waals surface area contributed by atoms with Crippen LogP contribution in [0.2, 0.25) is 0 Å². The molecule has 1 fully saturated rings. The van der Waals surface area contributed by atoms with Crippen molar-refractivity contribution in [1.82, 2.24) is 19.9 Å². The maximum atomic E-state index is 12.9. The summed E-state index contributed by atoms with van der Waals surface area (Å²) in [6.45, 7) is 1.77. The molecule has 0 saturated carbocycles. The molecule has 0 bridgehead atoms. The summed E-state index contributed by atoms with van der Waals surface area (Å²) in [5.41, 5.74) is 2.58. The lowest BCUT2D eigenvalue weighted by atomic mass is 9.94. The van der Waals surface area contributed by atoms with Crippen molar-refractivity contribution >= 4 is 29.0 Å². The van der Waals surface area contributed by atoms with Gasteiger partial charge in [-0.25, -0.2) is 4.52 Å². The third-order valence-corrected chi connectivity index (χ3v) is 5.74. The van der Waals surface area contributed by atoms with Crippen molar-refractivity contribution in [3.63, 3.8) is 0 Å². The van der Waals surface area contributed by atoms with E-state index in [-0.39, 0.29) is 23.9 Å². The lowest BCUT2D eigenvalue weighted by Gasteiger charge is -2.23. The van der Waals surface area contributed by atoms with Gasteiger partial charge in [0.1, 0.15) is 5.65 Å². The van der Waals surface area contributed by atoms with Gasteiger partial charge in [-0.05, 0) is 55.3 Å². The Morgan fingerprint density at radius 1 is 1.03 bits per heavy atom. The molecule has 0 radical (unpaired) electrons. The molecule has 1 aliphatic rings. The highest BCUT2D eigenvalue weighted by Crippen LogP contribution is 2.35. The summed E-state index contributed by atoms with van der Waals surface area (Å²) in [4.78, 5) is 15.3. The monoisotopic (exact) mass is 448 g/mol. The summed E-state index contributed by atoms with van der Waals surface area (Å²) in [6, 6.07) is 12.2. The van der Waals surface area contributed by atoms with E-state index in [1.54, 1.807) is 10.6 Å². The van der Waals surface area contributed by atoms with Crippen molar-refractivity contribution < 1.29 is 13.2 Å². The van der Waals surface area contributed by atoms with E-state index in [0.29, 0.717) is 16.7 Å². The third-order valence-electron chi connectivity index (χ3n) is 5.74. The maximum Gasteiger partial charge on any atom is 0.416 e. The highest BCUT2D eigenvalue weighted by atomic mass is 35.5. The van der Waals surface area contributed by atoms with E-state index in [1.807, 2.05) is 18.2 Å².